The Morgan fingerprint density at radius 3 is 2.70 bits per heavy atom. The van der Waals surface area contributed by atoms with E-state index in [0.717, 1.165) is 16.9 Å². The van der Waals surface area contributed by atoms with E-state index < -0.39 is 11.9 Å². The Morgan fingerprint density at radius 1 is 1.17 bits per heavy atom. The van der Waals surface area contributed by atoms with E-state index in [2.05, 4.69) is 15.3 Å². The number of hydrogen-bond donors (Lipinski definition) is 1. The molecule has 0 aliphatic rings. The van der Waals surface area contributed by atoms with Gasteiger partial charge in [-0.25, -0.2) is 9.78 Å². The molecule has 30 heavy (non-hydrogen) atoms. The fraction of sp³-hybridized carbons (Fsp3) is 0.190. The largest absolute Gasteiger partial charge is 0.489 e. The number of aromatic nitrogens is 2. The monoisotopic (exact) mass is 425 g/mol. The average molecular weight is 425 g/mol. The van der Waals surface area contributed by atoms with E-state index in [1.165, 1.54) is 6.92 Å². The molecule has 8 nitrogen and oxygen atoms in total. The molecule has 1 amide bonds. The Labute approximate surface area is 176 Å². The van der Waals surface area contributed by atoms with Crippen LogP contribution in [0.25, 0.3) is 0 Å². The van der Waals surface area contributed by atoms with Gasteiger partial charge in [-0.15, -0.1) is 0 Å². The molecule has 0 saturated carbocycles. The summed E-state index contributed by atoms with van der Waals surface area (Å²) in [7, 11) is 0. The van der Waals surface area contributed by atoms with Gasteiger partial charge in [0.05, 0.1) is 6.61 Å². The SMILES string of the molecule is CCOC(=O)c1nc(NC(=O)c2cccc(OCc3cccnc3)c2)sc1C(C)=O. The highest BCUT2D eigenvalue weighted by Gasteiger charge is 2.23. The Kier molecular flexibility index (Phi) is 6.87. The first kappa shape index (κ1) is 21.1. The Balaban J connectivity index is 1.72. The number of benzene rings is 1. The fourth-order valence-electron chi connectivity index (χ4n) is 2.50. The van der Waals surface area contributed by atoms with Crippen LogP contribution in [0.4, 0.5) is 5.13 Å². The van der Waals surface area contributed by atoms with Gasteiger partial charge in [0.2, 0.25) is 0 Å². The van der Waals surface area contributed by atoms with Crippen molar-refractivity contribution in [3.05, 3.63) is 70.5 Å². The number of nitrogens with one attached hydrogen (secondary N) is 1. The molecule has 2 heterocycles. The van der Waals surface area contributed by atoms with Crippen molar-refractivity contribution < 1.29 is 23.9 Å². The van der Waals surface area contributed by atoms with Crippen molar-refractivity contribution in [1.29, 1.82) is 0 Å². The van der Waals surface area contributed by atoms with Gasteiger partial charge in [0.25, 0.3) is 5.91 Å². The van der Waals surface area contributed by atoms with E-state index in [9.17, 15) is 14.4 Å². The third-order valence-corrected chi connectivity index (χ3v) is 4.93. The molecule has 2 aromatic heterocycles. The molecule has 9 heteroatoms. The van der Waals surface area contributed by atoms with Crippen LogP contribution in [0.1, 0.15) is 49.9 Å². The zero-order valence-corrected chi connectivity index (χ0v) is 17.2. The standard InChI is InChI=1S/C21H19N3O5S/c1-3-28-20(27)17-18(13(2)25)30-21(23-17)24-19(26)15-7-4-8-16(10-15)29-12-14-6-5-9-22-11-14/h4-11H,3,12H2,1-2H3,(H,23,24,26). The quantitative estimate of drug-likeness (QED) is 0.433. The number of anilines is 1. The summed E-state index contributed by atoms with van der Waals surface area (Å²) in [5, 5.41) is 2.75. The number of carbonyl (C=O) groups is 3. The second-order valence-electron chi connectivity index (χ2n) is 6.11. The van der Waals surface area contributed by atoms with E-state index in [1.807, 2.05) is 12.1 Å². The number of pyridine rings is 1. The maximum atomic E-state index is 12.6. The molecule has 3 aromatic rings. The first-order valence-corrected chi connectivity index (χ1v) is 9.91. The predicted octanol–water partition coefficient (Wildman–Crippen LogP) is 3.75. The lowest BCUT2D eigenvalue weighted by Gasteiger charge is -2.08. The number of ketones is 1. The molecule has 0 spiro atoms. The summed E-state index contributed by atoms with van der Waals surface area (Å²) in [5.41, 5.74) is 1.15. The van der Waals surface area contributed by atoms with Crippen LogP contribution >= 0.6 is 11.3 Å². The van der Waals surface area contributed by atoms with Crippen LogP contribution in [0, 0.1) is 0 Å². The van der Waals surface area contributed by atoms with Crippen molar-refractivity contribution in [3.8, 4) is 5.75 Å². The van der Waals surface area contributed by atoms with Gasteiger partial charge >= 0.3 is 5.97 Å². The average Bonchev–Trinajstić information content (AvgIpc) is 3.18. The minimum atomic E-state index is -0.703. The Morgan fingerprint density at radius 2 is 2.00 bits per heavy atom. The van der Waals surface area contributed by atoms with Crippen molar-refractivity contribution in [2.45, 2.75) is 20.5 Å². The molecule has 0 unspecified atom stereocenters. The molecule has 0 atom stereocenters. The summed E-state index contributed by atoms with van der Waals surface area (Å²) in [6.07, 6.45) is 3.38. The highest BCUT2D eigenvalue weighted by Crippen LogP contribution is 2.25. The number of thiazole rings is 1. The molecule has 0 saturated heterocycles. The maximum absolute atomic E-state index is 12.6. The van der Waals surface area contributed by atoms with Gasteiger partial charge < -0.3 is 9.47 Å². The topological polar surface area (TPSA) is 107 Å². The summed E-state index contributed by atoms with van der Waals surface area (Å²) in [4.78, 5) is 44.7. The van der Waals surface area contributed by atoms with Gasteiger partial charge in [-0.05, 0) is 31.2 Å². The van der Waals surface area contributed by atoms with Crippen LogP contribution in [-0.2, 0) is 11.3 Å². The Hall–Kier alpha value is -3.59. The van der Waals surface area contributed by atoms with E-state index in [1.54, 1.807) is 43.6 Å². The van der Waals surface area contributed by atoms with Crippen molar-refractivity contribution >= 4 is 34.1 Å². The van der Waals surface area contributed by atoms with Crippen LogP contribution in [0.2, 0.25) is 0 Å². The third-order valence-electron chi connectivity index (χ3n) is 3.86. The number of esters is 1. The summed E-state index contributed by atoms with van der Waals surface area (Å²) < 4.78 is 10.6. The molecule has 1 aromatic carbocycles. The van der Waals surface area contributed by atoms with E-state index in [-0.39, 0.29) is 28.1 Å². The minimum absolute atomic E-state index is 0.0989. The summed E-state index contributed by atoms with van der Waals surface area (Å²) in [5.74, 6) is -0.963. The number of Topliss-reactive ketones (excluding diaryl/α,β-unsaturated/α-hetero) is 1. The summed E-state index contributed by atoms with van der Waals surface area (Å²) in [6, 6.07) is 10.4. The minimum Gasteiger partial charge on any atom is -0.489 e. The number of rotatable bonds is 8. The van der Waals surface area contributed by atoms with Gasteiger partial charge in [0, 0.05) is 30.4 Å². The summed E-state index contributed by atoms with van der Waals surface area (Å²) in [6.45, 7) is 3.45. The third kappa shape index (κ3) is 5.26. The second-order valence-corrected chi connectivity index (χ2v) is 7.10. The molecule has 0 aliphatic heterocycles. The van der Waals surface area contributed by atoms with Crippen LogP contribution in [0.15, 0.2) is 48.8 Å². The molecular formula is C21H19N3O5S. The smallest absolute Gasteiger partial charge is 0.358 e. The molecule has 154 valence electrons. The summed E-state index contributed by atoms with van der Waals surface area (Å²) >= 11 is 0.925. The van der Waals surface area contributed by atoms with Crippen molar-refractivity contribution in [3.63, 3.8) is 0 Å². The lowest BCUT2D eigenvalue weighted by Crippen LogP contribution is -2.13. The maximum Gasteiger partial charge on any atom is 0.358 e. The van der Waals surface area contributed by atoms with E-state index in [0.29, 0.717) is 17.9 Å². The molecule has 3 rings (SSSR count). The molecule has 0 fully saturated rings. The van der Waals surface area contributed by atoms with E-state index in [4.69, 9.17) is 9.47 Å². The molecule has 0 bridgehead atoms. The number of amides is 1. The number of carbonyl (C=O) groups excluding carboxylic acids is 3. The predicted molar refractivity (Wildman–Crippen MR) is 111 cm³/mol. The number of nitrogens with zero attached hydrogens (tertiary/aromatic N) is 2. The highest BCUT2D eigenvalue weighted by molar-refractivity contribution is 7.18. The zero-order valence-electron chi connectivity index (χ0n) is 16.4. The molecule has 1 N–H and O–H groups in total. The molecule has 0 radical (unpaired) electrons. The van der Waals surface area contributed by atoms with Crippen molar-refractivity contribution in [2.24, 2.45) is 0 Å². The van der Waals surface area contributed by atoms with E-state index >= 15 is 0 Å². The van der Waals surface area contributed by atoms with Crippen LogP contribution in [-0.4, -0.2) is 34.2 Å². The van der Waals surface area contributed by atoms with Crippen molar-refractivity contribution in [1.82, 2.24) is 9.97 Å². The highest BCUT2D eigenvalue weighted by atomic mass is 32.1. The lowest BCUT2D eigenvalue weighted by atomic mass is 10.2. The first-order valence-electron chi connectivity index (χ1n) is 9.10. The second kappa shape index (κ2) is 9.75. The van der Waals surface area contributed by atoms with Gasteiger partial charge in [0.1, 0.15) is 17.2 Å². The van der Waals surface area contributed by atoms with Crippen LogP contribution in [0.5, 0.6) is 5.75 Å². The van der Waals surface area contributed by atoms with Crippen LogP contribution < -0.4 is 10.1 Å². The van der Waals surface area contributed by atoms with Gasteiger partial charge in [0.15, 0.2) is 16.6 Å². The molecule has 0 aliphatic carbocycles. The number of ether oxygens (including phenoxy) is 2. The lowest BCUT2D eigenvalue weighted by molar-refractivity contribution is 0.0517. The van der Waals surface area contributed by atoms with Crippen molar-refractivity contribution in [2.75, 3.05) is 11.9 Å². The van der Waals surface area contributed by atoms with Crippen LogP contribution in [0.3, 0.4) is 0 Å². The van der Waals surface area contributed by atoms with Gasteiger partial charge in [-0.3, -0.25) is 19.9 Å². The number of hydrogen-bond acceptors (Lipinski definition) is 8. The first-order chi connectivity index (χ1) is 14.5. The Bertz CT molecular complexity index is 1070. The van der Waals surface area contributed by atoms with Gasteiger partial charge in [-0.1, -0.05) is 23.5 Å². The fourth-order valence-corrected chi connectivity index (χ4v) is 3.34. The normalized spacial score (nSPS) is 10.3. The van der Waals surface area contributed by atoms with Gasteiger partial charge in [-0.2, -0.15) is 0 Å². The zero-order chi connectivity index (χ0) is 21.5. The molecular weight excluding hydrogens is 406 g/mol.